The quantitative estimate of drug-likeness (QED) is 0.740. The van der Waals surface area contributed by atoms with Crippen molar-refractivity contribution in [2.75, 3.05) is 27.4 Å². The number of ether oxygens (including phenoxy) is 2. The predicted molar refractivity (Wildman–Crippen MR) is 63.8 cm³/mol. The summed E-state index contributed by atoms with van der Waals surface area (Å²) in [6.07, 6.45) is 1.22. The van der Waals surface area contributed by atoms with Gasteiger partial charge in [0.05, 0.1) is 18.3 Å². The van der Waals surface area contributed by atoms with E-state index in [4.69, 9.17) is 14.6 Å². The second kappa shape index (κ2) is 7.07. The molecule has 1 atom stereocenters. The minimum Gasteiger partial charge on any atom is -0.476 e. The molecular formula is C11H19N3O4. The third-order valence-corrected chi connectivity index (χ3v) is 2.69. The molecule has 0 aliphatic rings. The number of carboxylic acids is 1. The van der Waals surface area contributed by atoms with E-state index in [0.717, 1.165) is 6.42 Å². The van der Waals surface area contributed by atoms with Gasteiger partial charge in [-0.2, -0.15) is 0 Å². The first-order chi connectivity index (χ1) is 8.61. The maximum Gasteiger partial charge on any atom is 0.358 e. The molecule has 102 valence electrons. The third kappa shape index (κ3) is 3.51. The number of aromatic carboxylic acids is 1. The minimum absolute atomic E-state index is 0.00341. The lowest BCUT2D eigenvalue weighted by molar-refractivity contribution is 0.0688. The average molecular weight is 257 g/mol. The minimum atomic E-state index is -1.06. The molecule has 0 amide bonds. The van der Waals surface area contributed by atoms with Crippen LogP contribution in [0, 0.1) is 0 Å². The van der Waals surface area contributed by atoms with Crippen LogP contribution in [0.25, 0.3) is 0 Å². The summed E-state index contributed by atoms with van der Waals surface area (Å²) >= 11 is 0. The van der Waals surface area contributed by atoms with E-state index < -0.39 is 5.97 Å². The third-order valence-electron chi connectivity index (χ3n) is 2.69. The molecule has 1 unspecified atom stereocenters. The van der Waals surface area contributed by atoms with Gasteiger partial charge in [0.2, 0.25) is 0 Å². The molecule has 0 saturated carbocycles. The van der Waals surface area contributed by atoms with E-state index in [2.05, 4.69) is 10.3 Å². The highest BCUT2D eigenvalue weighted by Gasteiger charge is 2.21. The highest BCUT2D eigenvalue weighted by atomic mass is 16.5. The SMILES string of the molecule is COCCc1c(C(=O)O)nnn1C(C)CCOC. The Balaban J connectivity index is 2.92. The molecule has 1 rings (SSSR count). The molecule has 0 radical (unpaired) electrons. The molecule has 7 nitrogen and oxygen atoms in total. The zero-order chi connectivity index (χ0) is 13.5. The van der Waals surface area contributed by atoms with E-state index in [1.54, 1.807) is 18.9 Å². The van der Waals surface area contributed by atoms with Crippen LogP contribution >= 0.6 is 0 Å². The van der Waals surface area contributed by atoms with E-state index >= 15 is 0 Å². The second-order valence-corrected chi connectivity index (χ2v) is 4.01. The van der Waals surface area contributed by atoms with Crippen molar-refractivity contribution in [2.45, 2.75) is 25.8 Å². The first-order valence-corrected chi connectivity index (χ1v) is 5.77. The summed E-state index contributed by atoms with van der Waals surface area (Å²) < 4.78 is 11.6. The molecule has 0 aliphatic heterocycles. The fourth-order valence-corrected chi connectivity index (χ4v) is 1.68. The summed E-state index contributed by atoms with van der Waals surface area (Å²) in [7, 11) is 3.20. The van der Waals surface area contributed by atoms with Crippen LogP contribution in [0.2, 0.25) is 0 Å². The largest absolute Gasteiger partial charge is 0.476 e. The molecular weight excluding hydrogens is 238 g/mol. The molecule has 1 heterocycles. The van der Waals surface area contributed by atoms with Crippen molar-refractivity contribution < 1.29 is 19.4 Å². The van der Waals surface area contributed by atoms with Gasteiger partial charge in [0, 0.05) is 27.2 Å². The molecule has 0 spiro atoms. The molecule has 1 aromatic heterocycles. The van der Waals surface area contributed by atoms with Crippen molar-refractivity contribution in [2.24, 2.45) is 0 Å². The van der Waals surface area contributed by atoms with Gasteiger partial charge < -0.3 is 14.6 Å². The number of methoxy groups -OCH3 is 2. The number of hydrogen-bond acceptors (Lipinski definition) is 5. The van der Waals surface area contributed by atoms with Crippen molar-refractivity contribution in [3.05, 3.63) is 11.4 Å². The lowest BCUT2D eigenvalue weighted by Gasteiger charge is -2.14. The molecule has 0 bridgehead atoms. The fraction of sp³-hybridized carbons (Fsp3) is 0.727. The number of rotatable bonds is 8. The topological polar surface area (TPSA) is 86.5 Å². The Morgan fingerprint density at radius 2 is 2.06 bits per heavy atom. The number of aromatic nitrogens is 3. The Morgan fingerprint density at radius 3 is 2.61 bits per heavy atom. The zero-order valence-corrected chi connectivity index (χ0v) is 10.9. The summed E-state index contributed by atoms with van der Waals surface area (Å²) in [4.78, 5) is 11.1. The Morgan fingerprint density at radius 1 is 1.39 bits per heavy atom. The van der Waals surface area contributed by atoms with E-state index in [9.17, 15) is 4.79 Å². The molecule has 0 saturated heterocycles. The van der Waals surface area contributed by atoms with Crippen LogP contribution in [0.3, 0.4) is 0 Å². The summed E-state index contributed by atoms with van der Waals surface area (Å²) in [6.45, 7) is 2.98. The summed E-state index contributed by atoms with van der Waals surface area (Å²) in [5, 5.41) is 16.7. The fourth-order valence-electron chi connectivity index (χ4n) is 1.68. The van der Waals surface area contributed by atoms with Crippen LogP contribution in [0.15, 0.2) is 0 Å². The van der Waals surface area contributed by atoms with E-state index in [1.807, 2.05) is 6.92 Å². The number of carbonyl (C=O) groups is 1. The maximum atomic E-state index is 11.1. The first-order valence-electron chi connectivity index (χ1n) is 5.77. The van der Waals surface area contributed by atoms with Crippen LogP contribution in [0.5, 0.6) is 0 Å². The summed E-state index contributed by atoms with van der Waals surface area (Å²) in [6, 6.07) is 0.0393. The van der Waals surface area contributed by atoms with Crippen molar-refractivity contribution >= 4 is 5.97 Å². The standard InChI is InChI=1S/C11H19N3O4/c1-8(4-6-17-2)14-9(5-7-18-3)10(11(15)16)12-13-14/h8H,4-7H2,1-3H3,(H,15,16). The van der Waals surface area contributed by atoms with Crippen LogP contribution in [0.1, 0.15) is 35.6 Å². The lowest BCUT2D eigenvalue weighted by atomic mass is 10.2. The van der Waals surface area contributed by atoms with Gasteiger partial charge in [-0.05, 0) is 13.3 Å². The van der Waals surface area contributed by atoms with Crippen molar-refractivity contribution in [3.63, 3.8) is 0 Å². The Hall–Kier alpha value is -1.47. The van der Waals surface area contributed by atoms with Crippen LogP contribution in [0.4, 0.5) is 0 Å². The predicted octanol–water partition coefficient (Wildman–Crippen LogP) is 0.763. The van der Waals surface area contributed by atoms with Crippen molar-refractivity contribution in [1.29, 1.82) is 0 Å². The highest BCUT2D eigenvalue weighted by Crippen LogP contribution is 2.16. The van der Waals surface area contributed by atoms with Gasteiger partial charge in [0.25, 0.3) is 0 Å². The number of nitrogens with zero attached hydrogens (tertiary/aromatic N) is 3. The van der Waals surface area contributed by atoms with Crippen molar-refractivity contribution in [1.82, 2.24) is 15.0 Å². The van der Waals surface area contributed by atoms with Gasteiger partial charge in [-0.3, -0.25) is 0 Å². The van der Waals surface area contributed by atoms with E-state index in [-0.39, 0.29) is 11.7 Å². The number of carboxylic acid groups (broad SMARTS) is 1. The van der Waals surface area contributed by atoms with Gasteiger partial charge in [-0.1, -0.05) is 5.21 Å². The summed E-state index contributed by atoms with van der Waals surface area (Å²) in [5.41, 5.74) is 0.587. The van der Waals surface area contributed by atoms with Gasteiger partial charge in [0.15, 0.2) is 5.69 Å². The Kier molecular flexibility index (Phi) is 5.73. The van der Waals surface area contributed by atoms with Crippen LogP contribution in [-0.2, 0) is 15.9 Å². The monoisotopic (exact) mass is 257 g/mol. The second-order valence-electron chi connectivity index (χ2n) is 4.01. The van der Waals surface area contributed by atoms with Crippen LogP contribution in [-0.4, -0.2) is 53.5 Å². The van der Waals surface area contributed by atoms with E-state index in [0.29, 0.717) is 25.3 Å². The normalized spacial score (nSPS) is 12.6. The summed E-state index contributed by atoms with van der Waals surface area (Å²) in [5.74, 6) is -1.06. The van der Waals surface area contributed by atoms with Crippen LogP contribution < -0.4 is 0 Å². The molecule has 1 aromatic rings. The Bertz CT molecular complexity index is 392. The molecule has 1 N–H and O–H groups in total. The van der Waals surface area contributed by atoms with Gasteiger partial charge in [-0.25, -0.2) is 9.48 Å². The smallest absolute Gasteiger partial charge is 0.358 e. The Labute approximate surface area is 106 Å². The first kappa shape index (κ1) is 14.6. The van der Waals surface area contributed by atoms with Gasteiger partial charge >= 0.3 is 5.97 Å². The maximum absolute atomic E-state index is 11.1. The highest BCUT2D eigenvalue weighted by molar-refractivity contribution is 5.86. The molecule has 0 aliphatic carbocycles. The molecule has 18 heavy (non-hydrogen) atoms. The lowest BCUT2D eigenvalue weighted by Crippen LogP contribution is -2.15. The van der Waals surface area contributed by atoms with Gasteiger partial charge in [-0.15, -0.1) is 5.10 Å². The molecule has 7 heteroatoms. The number of hydrogen-bond donors (Lipinski definition) is 1. The van der Waals surface area contributed by atoms with E-state index in [1.165, 1.54) is 0 Å². The zero-order valence-electron chi connectivity index (χ0n) is 10.9. The molecule has 0 aromatic carbocycles. The van der Waals surface area contributed by atoms with Gasteiger partial charge in [0.1, 0.15) is 0 Å². The molecule has 0 fully saturated rings. The van der Waals surface area contributed by atoms with Crippen molar-refractivity contribution in [3.8, 4) is 0 Å². The average Bonchev–Trinajstić information content (AvgIpc) is 2.77.